The normalized spacial score (nSPS) is 11.3. The second-order valence-corrected chi connectivity index (χ2v) is 8.59. The van der Waals surface area contributed by atoms with Gasteiger partial charge in [0.25, 0.3) is 0 Å². The van der Waals surface area contributed by atoms with Crippen molar-refractivity contribution in [3.63, 3.8) is 0 Å². The van der Waals surface area contributed by atoms with Crippen LogP contribution in [0, 0.1) is 0 Å². The second-order valence-electron chi connectivity index (χ2n) is 8.32. The number of halogens is 4. The average Bonchev–Trinajstić information content (AvgIpc) is 3.21. The molecule has 0 radical (unpaired) electrons. The van der Waals surface area contributed by atoms with Gasteiger partial charge in [-0.2, -0.15) is 0 Å². The van der Waals surface area contributed by atoms with Gasteiger partial charge in [-0.1, -0.05) is 6.07 Å². The zero-order valence-corrected chi connectivity index (χ0v) is 22.2. The number of rotatable bonds is 10. The molecule has 4 rings (SSSR count). The van der Waals surface area contributed by atoms with Gasteiger partial charge in [0.15, 0.2) is 0 Å². The molecule has 2 aromatic heterocycles. The van der Waals surface area contributed by atoms with E-state index in [1.54, 1.807) is 54.9 Å². The number of hydrogen-bond donors (Lipinski definition) is 0. The Kier molecular flexibility index (Phi) is 8.83. The van der Waals surface area contributed by atoms with E-state index in [0.717, 1.165) is 17.7 Å². The van der Waals surface area contributed by atoms with Gasteiger partial charge < -0.3 is 23.5 Å². The lowest BCUT2D eigenvalue weighted by Crippen LogP contribution is -2.17. The van der Waals surface area contributed by atoms with Crippen LogP contribution in [-0.4, -0.2) is 41.1 Å². The third kappa shape index (κ3) is 6.66. The van der Waals surface area contributed by atoms with Crippen molar-refractivity contribution in [1.82, 2.24) is 9.55 Å². The van der Waals surface area contributed by atoms with Crippen molar-refractivity contribution in [1.29, 1.82) is 0 Å². The molecule has 12 heteroatoms. The first kappa shape index (κ1) is 28.8. The van der Waals surface area contributed by atoms with Crippen LogP contribution in [-0.2, 0) is 26.6 Å². The van der Waals surface area contributed by atoms with Gasteiger partial charge >= 0.3 is 18.3 Å². The first-order valence-electron chi connectivity index (χ1n) is 12.2. The molecule has 0 atom stereocenters. The van der Waals surface area contributed by atoms with Crippen LogP contribution in [0.4, 0.5) is 13.2 Å². The Morgan fingerprint density at radius 2 is 1.65 bits per heavy atom. The molecule has 0 saturated carbocycles. The Hall–Kier alpha value is -4.25. The molecule has 0 amide bonds. The summed E-state index contributed by atoms with van der Waals surface area (Å²) in [4.78, 5) is 30.0. The lowest BCUT2D eigenvalue weighted by Gasteiger charge is -2.14. The van der Waals surface area contributed by atoms with Gasteiger partial charge in [0.2, 0.25) is 5.88 Å². The summed E-state index contributed by atoms with van der Waals surface area (Å²) in [6, 6.07) is 13.4. The maximum absolute atomic E-state index is 13.2. The fraction of sp³-hybridized carbons (Fsp3) is 0.250. The molecular formula is C28H24ClF3N2O6. The highest BCUT2D eigenvalue weighted by Crippen LogP contribution is 2.35. The molecular weight excluding hydrogens is 553 g/mol. The van der Waals surface area contributed by atoms with Gasteiger partial charge in [-0.05, 0) is 61.9 Å². The van der Waals surface area contributed by atoms with E-state index < -0.39 is 24.1 Å². The van der Waals surface area contributed by atoms with E-state index in [1.807, 2.05) is 0 Å². The Balaban J connectivity index is 1.88. The van der Waals surface area contributed by atoms with Crippen molar-refractivity contribution >= 4 is 34.4 Å². The van der Waals surface area contributed by atoms with Crippen LogP contribution in [0.25, 0.3) is 16.6 Å². The van der Waals surface area contributed by atoms with Crippen LogP contribution in [0.15, 0.2) is 60.8 Å². The number of pyridine rings is 1. The number of benzene rings is 2. The minimum absolute atomic E-state index is 0.0703. The number of carbonyl (C=O) groups excluding carboxylic acids is 2. The average molecular weight is 577 g/mol. The van der Waals surface area contributed by atoms with Crippen LogP contribution >= 0.6 is 11.6 Å². The van der Waals surface area contributed by atoms with Gasteiger partial charge in [-0.25, -0.2) is 9.78 Å². The number of nitrogens with zero attached hydrogens (tertiary/aromatic N) is 2. The summed E-state index contributed by atoms with van der Waals surface area (Å²) < 4.78 is 60.0. The van der Waals surface area contributed by atoms with Crippen molar-refractivity contribution in [2.24, 2.45) is 0 Å². The molecule has 2 heterocycles. The SMILES string of the molecule is CCOC(=O)Cc1c(C(=O)OCC)c2cc(Oc3ccc(CCl)cn3)ccc2n1-c1ccc(OC(F)(F)F)cc1. The van der Waals surface area contributed by atoms with E-state index in [0.29, 0.717) is 28.2 Å². The fourth-order valence-corrected chi connectivity index (χ4v) is 4.25. The molecule has 0 N–H and O–H groups in total. The second kappa shape index (κ2) is 12.3. The van der Waals surface area contributed by atoms with Crippen molar-refractivity contribution < 1.29 is 41.7 Å². The predicted octanol–water partition coefficient (Wildman–Crippen LogP) is 6.74. The van der Waals surface area contributed by atoms with Crippen LogP contribution in [0.5, 0.6) is 17.4 Å². The molecule has 0 fully saturated rings. The molecule has 4 aromatic rings. The molecule has 40 heavy (non-hydrogen) atoms. The topological polar surface area (TPSA) is 88.9 Å². The number of fused-ring (bicyclic) bond motifs is 1. The first-order valence-corrected chi connectivity index (χ1v) is 12.7. The highest BCUT2D eigenvalue weighted by atomic mass is 35.5. The highest BCUT2D eigenvalue weighted by molar-refractivity contribution is 6.17. The fourth-order valence-electron chi connectivity index (χ4n) is 4.10. The zero-order valence-electron chi connectivity index (χ0n) is 21.5. The number of ether oxygens (including phenoxy) is 4. The monoisotopic (exact) mass is 576 g/mol. The summed E-state index contributed by atoms with van der Waals surface area (Å²) in [6.45, 7) is 3.48. The van der Waals surface area contributed by atoms with E-state index in [9.17, 15) is 22.8 Å². The molecule has 0 bridgehead atoms. The summed E-state index contributed by atoms with van der Waals surface area (Å²) >= 11 is 5.82. The number of alkyl halides is 4. The van der Waals surface area contributed by atoms with E-state index in [-0.39, 0.29) is 36.8 Å². The number of aromatic nitrogens is 2. The maximum Gasteiger partial charge on any atom is 0.573 e. The smallest absolute Gasteiger partial charge is 0.466 e. The first-order chi connectivity index (χ1) is 19.1. The minimum atomic E-state index is -4.86. The van der Waals surface area contributed by atoms with E-state index >= 15 is 0 Å². The van der Waals surface area contributed by atoms with E-state index in [4.69, 9.17) is 25.8 Å². The molecule has 0 spiro atoms. The molecule has 8 nitrogen and oxygen atoms in total. The van der Waals surface area contributed by atoms with Gasteiger partial charge in [0, 0.05) is 34.9 Å². The number of carbonyl (C=O) groups is 2. The van der Waals surface area contributed by atoms with Crippen LogP contribution in [0.1, 0.15) is 35.5 Å². The lowest BCUT2D eigenvalue weighted by atomic mass is 10.1. The Labute approximate surface area is 232 Å². The van der Waals surface area contributed by atoms with Crippen molar-refractivity contribution in [3.8, 4) is 23.1 Å². The lowest BCUT2D eigenvalue weighted by molar-refractivity contribution is -0.274. The van der Waals surface area contributed by atoms with Crippen molar-refractivity contribution in [2.75, 3.05) is 13.2 Å². The van der Waals surface area contributed by atoms with Crippen LogP contribution in [0.2, 0.25) is 0 Å². The molecule has 0 aliphatic rings. The number of hydrogen-bond acceptors (Lipinski definition) is 7. The molecule has 0 aliphatic carbocycles. The van der Waals surface area contributed by atoms with Crippen molar-refractivity contribution in [2.45, 2.75) is 32.5 Å². The van der Waals surface area contributed by atoms with Gasteiger partial charge in [-0.15, -0.1) is 24.8 Å². The molecule has 0 aliphatic heterocycles. The zero-order chi connectivity index (χ0) is 28.9. The molecule has 2 aromatic carbocycles. The molecule has 210 valence electrons. The van der Waals surface area contributed by atoms with Gasteiger partial charge in [0.1, 0.15) is 11.5 Å². The Morgan fingerprint density at radius 3 is 2.25 bits per heavy atom. The standard InChI is InChI=1S/C28H24ClF3N2O6/c1-3-37-25(35)14-23-26(27(36)38-4-2)21-13-20(39-24-12-5-17(15-29)16-33-24)10-11-22(21)34(23)18-6-8-19(9-7-18)40-28(30,31)32/h5-13,16H,3-4,14-15H2,1-2H3. The van der Waals surface area contributed by atoms with Gasteiger partial charge in [0.05, 0.1) is 30.7 Å². The predicted molar refractivity (Wildman–Crippen MR) is 140 cm³/mol. The minimum Gasteiger partial charge on any atom is -0.466 e. The summed E-state index contributed by atoms with van der Waals surface area (Å²) in [5, 5.41) is 0.392. The van der Waals surface area contributed by atoms with Crippen LogP contribution in [0.3, 0.4) is 0 Å². The Morgan fingerprint density at radius 1 is 0.950 bits per heavy atom. The third-order valence-corrected chi connectivity index (χ3v) is 5.94. The van der Waals surface area contributed by atoms with Gasteiger partial charge in [-0.3, -0.25) is 4.79 Å². The van der Waals surface area contributed by atoms with Crippen molar-refractivity contribution in [3.05, 3.63) is 77.6 Å². The summed E-state index contributed by atoms with van der Waals surface area (Å²) in [6.07, 6.45) is -3.59. The summed E-state index contributed by atoms with van der Waals surface area (Å²) in [7, 11) is 0. The van der Waals surface area contributed by atoms with E-state index in [2.05, 4.69) is 9.72 Å². The summed E-state index contributed by atoms with van der Waals surface area (Å²) in [5.74, 6) is -0.787. The van der Waals surface area contributed by atoms with Crippen LogP contribution < -0.4 is 9.47 Å². The Bertz CT molecular complexity index is 1500. The van der Waals surface area contributed by atoms with E-state index in [1.165, 1.54) is 12.1 Å². The highest BCUT2D eigenvalue weighted by Gasteiger charge is 2.31. The molecule has 0 saturated heterocycles. The summed E-state index contributed by atoms with van der Waals surface area (Å²) in [5.41, 5.74) is 1.99. The third-order valence-electron chi connectivity index (χ3n) is 5.64. The largest absolute Gasteiger partial charge is 0.573 e. The maximum atomic E-state index is 13.2. The number of esters is 2. The quantitative estimate of drug-likeness (QED) is 0.153. The molecule has 0 unspecified atom stereocenters.